The summed E-state index contributed by atoms with van der Waals surface area (Å²) < 4.78 is 34.3. The van der Waals surface area contributed by atoms with E-state index in [1.165, 1.54) is 26.0 Å². The van der Waals surface area contributed by atoms with Gasteiger partial charge in [0.15, 0.2) is 0 Å². The number of aliphatic imine (C=N–C) groups is 1. The molecule has 4 N–H and O–H groups in total. The second kappa shape index (κ2) is 13.5. The molecule has 0 radical (unpaired) electrons. The molecular weight excluding hydrogens is 481 g/mol. The molecule has 0 saturated heterocycles. The summed E-state index contributed by atoms with van der Waals surface area (Å²) in [6.07, 6.45) is 9.87. The predicted molar refractivity (Wildman–Crippen MR) is 145 cm³/mol. The van der Waals surface area contributed by atoms with E-state index in [2.05, 4.69) is 30.9 Å². The van der Waals surface area contributed by atoms with Gasteiger partial charge in [-0.3, -0.25) is 4.99 Å². The van der Waals surface area contributed by atoms with Gasteiger partial charge in [0.25, 0.3) is 0 Å². The summed E-state index contributed by atoms with van der Waals surface area (Å²) in [5.74, 6) is -0.730. The van der Waals surface area contributed by atoms with Crippen LogP contribution in [0.4, 0.5) is 8.78 Å². The number of nitrogens with zero attached hydrogens (tertiary/aromatic N) is 2. The summed E-state index contributed by atoms with van der Waals surface area (Å²) in [7, 11) is 5.50. The van der Waals surface area contributed by atoms with Crippen LogP contribution in [0.2, 0.25) is 5.02 Å². The summed E-state index contributed by atoms with van der Waals surface area (Å²) in [5.41, 5.74) is 14.5. The number of hydrogen-bond donors (Lipinski definition) is 2. The molecule has 4 rings (SSSR count). The van der Waals surface area contributed by atoms with Gasteiger partial charge >= 0.3 is 13.6 Å². The Kier molecular flexibility index (Phi) is 11.1. The first-order valence-corrected chi connectivity index (χ1v) is 12.0. The average molecular weight is 513 g/mol. The Hall–Kier alpha value is -2.77. The summed E-state index contributed by atoms with van der Waals surface area (Å²) in [6, 6.07) is 3.96. The van der Waals surface area contributed by atoms with E-state index in [1.54, 1.807) is 12.3 Å². The third kappa shape index (κ3) is 6.51. The van der Waals surface area contributed by atoms with Crippen LogP contribution < -0.4 is 16.2 Å². The van der Waals surface area contributed by atoms with Gasteiger partial charge in [0.05, 0.1) is 17.3 Å². The Balaban J connectivity index is 0.00000109. The van der Waals surface area contributed by atoms with E-state index in [9.17, 15) is 8.78 Å². The second-order valence-corrected chi connectivity index (χ2v) is 8.85. The van der Waals surface area contributed by atoms with Crippen molar-refractivity contribution >= 4 is 24.6 Å². The van der Waals surface area contributed by atoms with Gasteiger partial charge in [-0.25, -0.2) is 13.8 Å². The van der Waals surface area contributed by atoms with E-state index in [0.717, 1.165) is 22.9 Å². The number of ether oxygens (including phenoxy) is 1. The topological polar surface area (TPSA) is 86.5 Å². The molecule has 190 valence electrons. The molecule has 2 aromatic rings. The zero-order valence-corrected chi connectivity index (χ0v) is 21.7. The van der Waals surface area contributed by atoms with E-state index in [1.807, 2.05) is 19.9 Å². The third-order valence-corrected chi connectivity index (χ3v) is 6.40. The molecule has 9 heteroatoms. The molecule has 0 spiro atoms. The van der Waals surface area contributed by atoms with E-state index in [4.69, 9.17) is 27.1 Å². The van der Waals surface area contributed by atoms with Crippen LogP contribution in [-0.2, 0) is 0 Å². The van der Waals surface area contributed by atoms with Crippen molar-refractivity contribution in [1.82, 2.24) is 4.98 Å². The van der Waals surface area contributed by atoms with E-state index in [-0.39, 0.29) is 29.0 Å². The van der Waals surface area contributed by atoms with E-state index in [0.29, 0.717) is 29.7 Å². The number of rotatable bonds is 7. The van der Waals surface area contributed by atoms with Gasteiger partial charge in [-0.05, 0) is 50.4 Å². The summed E-state index contributed by atoms with van der Waals surface area (Å²) in [5, 5.41) is -0.180. The van der Waals surface area contributed by atoms with Crippen LogP contribution in [-0.4, -0.2) is 38.2 Å². The Morgan fingerprint density at radius 3 is 2.56 bits per heavy atom. The first-order valence-electron chi connectivity index (χ1n) is 11.6. The Morgan fingerprint density at radius 2 is 1.97 bits per heavy atom. The largest absolute Gasteiger partial charge is 0.490 e. The van der Waals surface area contributed by atoms with Crippen LogP contribution in [0.1, 0.15) is 49.8 Å². The minimum absolute atomic E-state index is 0.0890. The van der Waals surface area contributed by atoms with Gasteiger partial charge in [-0.2, -0.15) is 0 Å². The molecule has 2 atom stereocenters. The zero-order valence-electron chi connectivity index (χ0n) is 20.9. The Morgan fingerprint density at radius 1 is 1.31 bits per heavy atom. The van der Waals surface area contributed by atoms with Gasteiger partial charge in [0.1, 0.15) is 23.1 Å². The maximum absolute atomic E-state index is 14.7. The molecule has 1 aromatic heterocycles. The number of aromatic nitrogens is 1. The molecule has 0 amide bonds. The number of halogens is 3. The molecule has 2 aliphatic rings. The van der Waals surface area contributed by atoms with Crippen molar-refractivity contribution in [3.63, 3.8) is 0 Å². The maximum Gasteiger partial charge on any atom is 0.149 e. The SMILES string of the molecule is B#C.C=C/C(=C\N=C(C)C1CC1)C(CN)c1cc2c(c(-c3cc(Cl)c(F)cc3F)n1)OCC2C.CN. The van der Waals surface area contributed by atoms with Gasteiger partial charge in [0.2, 0.25) is 0 Å². The fraction of sp³-hybridized carbons (Fsp3) is 0.370. The van der Waals surface area contributed by atoms with Gasteiger partial charge in [0, 0.05) is 47.5 Å². The Bertz CT molecular complexity index is 1180. The molecule has 36 heavy (non-hydrogen) atoms. The van der Waals surface area contributed by atoms with Gasteiger partial charge < -0.3 is 16.2 Å². The van der Waals surface area contributed by atoms with Crippen molar-refractivity contribution in [2.75, 3.05) is 20.2 Å². The second-order valence-electron chi connectivity index (χ2n) is 8.44. The minimum Gasteiger partial charge on any atom is -0.490 e. The van der Waals surface area contributed by atoms with Gasteiger partial charge in [-0.1, -0.05) is 31.2 Å². The molecule has 1 aliphatic carbocycles. The molecule has 1 fully saturated rings. The Labute approximate surface area is 218 Å². The standard InChI is InChI=1S/C25H26ClF2N3O.CHB.CH5N/c1-4-15(11-30-14(3)16-5-6-16)19(10-29)23-8-17-13(2)12-32-25(17)24(31-23)18-7-20(26)22(28)9-21(18)27;2*1-2/h4,7-9,11,13,16,19H,1,5-6,10,12,29H2,2-3H3;1H;2H2,1H3/b15-11+,30-14?;;. The number of fused-ring (bicyclic) bond motifs is 1. The van der Waals surface area contributed by atoms with E-state index >= 15 is 0 Å². The van der Waals surface area contributed by atoms with Crippen LogP contribution in [0.15, 0.2) is 47.6 Å². The van der Waals surface area contributed by atoms with Crippen LogP contribution in [0.25, 0.3) is 11.3 Å². The fourth-order valence-electron chi connectivity index (χ4n) is 3.95. The smallest absolute Gasteiger partial charge is 0.149 e. The molecule has 2 unspecified atom stereocenters. The summed E-state index contributed by atoms with van der Waals surface area (Å²) in [6.45, 7) is 8.70. The zero-order chi connectivity index (χ0) is 27.0. The summed E-state index contributed by atoms with van der Waals surface area (Å²) >= 11 is 5.95. The molecule has 1 aromatic carbocycles. The normalized spacial score (nSPS) is 17.6. The van der Waals surface area contributed by atoms with E-state index < -0.39 is 11.6 Å². The molecule has 5 nitrogen and oxygen atoms in total. The van der Waals surface area contributed by atoms with Crippen LogP contribution in [0.3, 0.4) is 0 Å². The number of nitrogens with two attached hydrogens (primary N) is 2. The molecule has 1 aliphatic heterocycles. The molecule has 0 bridgehead atoms. The number of allylic oxidation sites excluding steroid dienone is 1. The quantitative estimate of drug-likeness (QED) is 0.223. The van der Waals surface area contributed by atoms with Crippen molar-refractivity contribution in [1.29, 1.82) is 0 Å². The maximum atomic E-state index is 14.7. The van der Waals surface area contributed by atoms with Crippen LogP contribution in [0.5, 0.6) is 5.75 Å². The van der Waals surface area contributed by atoms with Gasteiger partial charge in [-0.15, -0.1) is 0 Å². The average Bonchev–Trinajstić information content (AvgIpc) is 3.69. The number of pyridine rings is 1. The predicted octanol–water partition coefficient (Wildman–Crippen LogP) is 5.48. The first kappa shape index (κ1) is 29.5. The summed E-state index contributed by atoms with van der Waals surface area (Å²) in [4.78, 5) is 9.34. The van der Waals surface area contributed by atoms with Crippen molar-refractivity contribution in [2.24, 2.45) is 22.4 Å². The van der Waals surface area contributed by atoms with Crippen LogP contribution >= 0.6 is 11.6 Å². The van der Waals surface area contributed by atoms with Crippen molar-refractivity contribution in [3.05, 3.63) is 70.5 Å². The number of hydrogen-bond acceptors (Lipinski definition) is 5. The minimum atomic E-state index is -0.824. The van der Waals surface area contributed by atoms with Crippen molar-refractivity contribution in [3.8, 4) is 23.3 Å². The number of benzene rings is 1. The fourth-order valence-corrected chi connectivity index (χ4v) is 4.11. The van der Waals surface area contributed by atoms with Crippen molar-refractivity contribution < 1.29 is 13.5 Å². The molecular formula is C27H32BClF2N4O. The third-order valence-electron chi connectivity index (χ3n) is 6.11. The monoisotopic (exact) mass is 512 g/mol. The first-order chi connectivity index (χ1) is 17.3. The molecule has 2 heterocycles. The van der Waals surface area contributed by atoms with Crippen LogP contribution in [0, 0.1) is 23.9 Å². The van der Waals surface area contributed by atoms with Crippen molar-refractivity contribution in [2.45, 2.75) is 38.5 Å². The molecule has 1 saturated carbocycles.